The van der Waals surface area contributed by atoms with Gasteiger partial charge in [0.05, 0.1) is 11.3 Å². The summed E-state index contributed by atoms with van der Waals surface area (Å²) in [5, 5.41) is 0.452. The van der Waals surface area contributed by atoms with Crippen LogP contribution in [0.5, 0.6) is 0 Å². The molecular formula is C16H16ClNO4S. The van der Waals surface area contributed by atoms with Crippen LogP contribution in [-0.2, 0) is 26.2 Å². The first-order valence-corrected chi connectivity index (χ1v) is 8.78. The second kappa shape index (κ2) is 8.10. The second-order valence-corrected chi connectivity index (χ2v) is 6.95. The number of halogens is 1. The van der Waals surface area contributed by atoms with Gasteiger partial charge in [-0.05, 0) is 29.8 Å². The van der Waals surface area contributed by atoms with Crippen LogP contribution in [0, 0.1) is 0 Å². The van der Waals surface area contributed by atoms with E-state index in [9.17, 15) is 13.2 Å². The molecule has 2 aromatic carbocycles. The Hall–Kier alpha value is -1.89. The van der Waals surface area contributed by atoms with Crippen LogP contribution in [0.3, 0.4) is 0 Å². The van der Waals surface area contributed by atoms with Gasteiger partial charge in [0, 0.05) is 11.6 Å². The summed E-state index contributed by atoms with van der Waals surface area (Å²) in [7, 11) is -3.66. The number of carbonyl (C=O) groups excluding carboxylic acids is 1. The summed E-state index contributed by atoms with van der Waals surface area (Å²) in [6, 6.07) is 15.0. The smallest absolute Gasteiger partial charge is 0.307 e. The summed E-state index contributed by atoms with van der Waals surface area (Å²) in [5.41, 5.74) is 0.877. The highest BCUT2D eigenvalue weighted by molar-refractivity contribution is 7.89. The number of ether oxygens (including phenoxy) is 1. The molecule has 0 fully saturated rings. The number of carbonyl (C=O) groups is 1. The van der Waals surface area contributed by atoms with Crippen LogP contribution >= 0.6 is 11.6 Å². The fourth-order valence-electron chi connectivity index (χ4n) is 1.79. The van der Waals surface area contributed by atoms with Gasteiger partial charge < -0.3 is 4.74 Å². The highest BCUT2D eigenvalue weighted by Crippen LogP contribution is 2.13. The molecule has 122 valence electrons. The Labute approximate surface area is 140 Å². The van der Waals surface area contributed by atoms with Crippen LogP contribution in [0.2, 0.25) is 5.02 Å². The van der Waals surface area contributed by atoms with E-state index in [-0.39, 0.29) is 24.5 Å². The maximum absolute atomic E-state index is 12.0. The zero-order valence-corrected chi connectivity index (χ0v) is 13.8. The molecule has 0 unspecified atom stereocenters. The molecule has 0 saturated carbocycles. The maximum atomic E-state index is 12.0. The summed E-state index contributed by atoms with van der Waals surface area (Å²) in [6.07, 6.45) is -0.0420. The third kappa shape index (κ3) is 5.67. The Bertz CT molecular complexity index is 745. The lowest BCUT2D eigenvalue weighted by Gasteiger charge is -2.07. The molecule has 0 heterocycles. The highest BCUT2D eigenvalue weighted by Gasteiger charge is 2.14. The lowest BCUT2D eigenvalue weighted by atomic mass is 10.2. The summed E-state index contributed by atoms with van der Waals surface area (Å²) in [4.78, 5) is 11.7. The van der Waals surface area contributed by atoms with E-state index in [4.69, 9.17) is 16.3 Å². The van der Waals surface area contributed by atoms with Gasteiger partial charge in [-0.15, -0.1) is 0 Å². The van der Waals surface area contributed by atoms with Gasteiger partial charge in [-0.1, -0.05) is 41.9 Å². The second-order valence-electron chi connectivity index (χ2n) is 4.75. The van der Waals surface area contributed by atoms with Gasteiger partial charge in [-0.3, -0.25) is 4.79 Å². The van der Waals surface area contributed by atoms with Crippen molar-refractivity contribution in [3.05, 3.63) is 65.2 Å². The first kappa shape index (κ1) is 17.5. The van der Waals surface area contributed by atoms with Crippen molar-refractivity contribution in [2.75, 3.05) is 6.54 Å². The first-order valence-electron chi connectivity index (χ1n) is 6.92. The number of nitrogens with one attached hydrogen (secondary N) is 1. The molecule has 0 saturated heterocycles. The van der Waals surface area contributed by atoms with Crippen molar-refractivity contribution < 1.29 is 17.9 Å². The monoisotopic (exact) mass is 353 g/mol. The van der Waals surface area contributed by atoms with Crippen molar-refractivity contribution in [1.29, 1.82) is 0 Å². The van der Waals surface area contributed by atoms with E-state index in [0.29, 0.717) is 5.02 Å². The van der Waals surface area contributed by atoms with Gasteiger partial charge in [0.25, 0.3) is 0 Å². The van der Waals surface area contributed by atoms with Crippen molar-refractivity contribution in [2.24, 2.45) is 0 Å². The number of sulfonamides is 1. The van der Waals surface area contributed by atoms with Crippen molar-refractivity contribution in [3.63, 3.8) is 0 Å². The molecule has 2 rings (SSSR count). The molecular weight excluding hydrogens is 338 g/mol. The highest BCUT2D eigenvalue weighted by atomic mass is 35.5. The van der Waals surface area contributed by atoms with E-state index in [2.05, 4.69) is 4.72 Å². The van der Waals surface area contributed by atoms with Crippen LogP contribution in [0.4, 0.5) is 0 Å². The first-order chi connectivity index (χ1) is 11.0. The molecule has 0 amide bonds. The zero-order chi connectivity index (χ0) is 16.7. The molecule has 0 aromatic heterocycles. The summed E-state index contributed by atoms with van der Waals surface area (Å²) in [5.74, 6) is -0.465. The minimum atomic E-state index is -3.66. The Balaban J connectivity index is 1.77. The van der Waals surface area contributed by atoms with Crippen LogP contribution in [-0.4, -0.2) is 20.9 Å². The molecule has 7 heteroatoms. The molecule has 0 spiro atoms. The Kier molecular flexibility index (Phi) is 6.15. The van der Waals surface area contributed by atoms with Gasteiger partial charge >= 0.3 is 5.97 Å². The van der Waals surface area contributed by atoms with Crippen LogP contribution < -0.4 is 4.72 Å². The number of benzene rings is 2. The molecule has 0 radical (unpaired) electrons. The van der Waals surface area contributed by atoms with E-state index in [1.807, 2.05) is 30.3 Å². The lowest BCUT2D eigenvalue weighted by Crippen LogP contribution is -2.26. The minimum Gasteiger partial charge on any atom is -0.461 e. The molecule has 1 N–H and O–H groups in total. The molecule has 0 bridgehead atoms. The molecule has 0 atom stereocenters. The van der Waals surface area contributed by atoms with E-state index in [1.54, 1.807) is 0 Å². The van der Waals surface area contributed by atoms with E-state index < -0.39 is 16.0 Å². The SMILES string of the molecule is O=C(CCNS(=O)(=O)c1ccc(Cl)cc1)OCc1ccccc1. The predicted molar refractivity (Wildman–Crippen MR) is 87.5 cm³/mol. The standard InChI is InChI=1S/C16H16ClNO4S/c17-14-6-8-15(9-7-14)23(20,21)18-11-10-16(19)22-12-13-4-2-1-3-5-13/h1-9,18H,10-12H2. The molecule has 23 heavy (non-hydrogen) atoms. The molecule has 0 aliphatic rings. The van der Waals surface area contributed by atoms with E-state index in [0.717, 1.165) is 5.56 Å². The summed E-state index contributed by atoms with van der Waals surface area (Å²) >= 11 is 5.72. The van der Waals surface area contributed by atoms with Gasteiger partial charge in [-0.25, -0.2) is 13.1 Å². The summed E-state index contributed by atoms with van der Waals surface area (Å²) in [6.45, 7) is 0.141. The lowest BCUT2D eigenvalue weighted by molar-refractivity contribution is -0.144. The fourth-order valence-corrected chi connectivity index (χ4v) is 2.95. The third-order valence-corrected chi connectivity index (χ3v) is 4.72. The molecule has 2 aromatic rings. The number of rotatable bonds is 7. The van der Waals surface area contributed by atoms with Gasteiger partial charge in [0.15, 0.2) is 0 Å². The van der Waals surface area contributed by atoms with Crippen molar-refractivity contribution >= 4 is 27.6 Å². The Morgan fingerprint density at radius 1 is 1.04 bits per heavy atom. The van der Waals surface area contributed by atoms with Crippen LogP contribution in [0.1, 0.15) is 12.0 Å². The molecule has 0 aliphatic carbocycles. The topological polar surface area (TPSA) is 72.5 Å². The zero-order valence-electron chi connectivity index (χ0n) is 12.2. The minimum absolute atomic E-state index is 0.0292. The average Bonchev–Trinajstić information content (AvgIpc) is 2.54. The van der Waals surface area contributed by atoms with Gasteiger partial charge in [-0.2, -0.15) is 0 Å². The number of hydrogen-bond acceptors (Lipinski definition) is 4. The largest absolute Gasteiger partial charge is 0.461 e. The molecule has 0 aliphatic heterocycles. The normalized spacial score (nSPS) is 11.2. The van der Waals surface area contributed by atoms with Crippen molar-refractivity contribution in [1.82, 2.24) is 4.72 Å². The van der Waals surface area contributed by atoms with Crippen LogP contribution in [0.25, 0.3) is 0 Å². The van der Waals surface area contributed by atoms with E-state index in [1.165, 1.54) is 24.3 Å². The average molecular weight is 354 g/mol. The number of hydrogen-bond donors (Lipinski definition) is 1. The van der Waals surface area contributed by atoms with Crippen molar-refractivity contribution in [2.45, 2.75) is 17.9 Å². The quantitative estimate of drug-likeness (QED) is 0.777. The maximum Gasteiger partial charge on any atom is 0.307 e. The Morgan fingerprint density at radius 2 is 1.70 bits per heavy atom. The fraction of sp³-hybridized carbons (Fsp3) is 0.188. The van der Waals surface area contributed by atoms with Crippen molar-refractivity contribution in [3.8, 4) is 0 Å². The van der Waals surface area contributed by atoms with E-state index >= 15 is 0 Å². The van der Waals surface area contributed by atoms with Gasteiger partial charge in [0.1, 0.15) is 6.61 Å². The number of esters is 1. The predicted octanol–water partition coefficient (Wildman–Crippen LogP) is 2.75. The Morgan fingerprint density at radius 3 is 2.35 bits per heavy atom. The third-order valence-electron chi connectivity index (χ3n) is 2.99. The van der Waals surface area contributed by atoms with Crippen LogP contribution in [0.15, 0.2) is 59.5 Å². The van der Waals surface area contributed by atoms with Gasteiger partial charge in [0.2, 0.25) is 10.0 Å². The molecule has 5 nitrogen and oxygen atoms in total. The summed E-state index contributed by atoms with van der Waals surface area (Å²) < 4.78 is 31.4.